The highest BCUT2D eigenvalue weighted by atomic mass is 32.2. The molecule has 0 bridgehead atoms. The molecule has 2 aromatic carbocycles. The van der Waals surface area contributed by atoms with Crippen molar-refractivity contribution in [1.29, 1.82) is 0 Å². The number of aromatic nitrogens is 1. The molecule has 1 amide bonds. The Morgan fingerprint density at radius 2 is 1.62 bits per heavy atom. The van der Waals surface area contributed by atoms with E-state index in [1.54, 1.807) is 0 Å². The fourth-order valence-electron chi connectivity index (χ4n) is 3.55. The summed E-state index contributed by atoms with van der Waals surface area (Å²) >= 11 is 0. The van der Waals surface area contributed by atoms with Crippen LogP contribution in [-0.2, 0) is 37.6 Å². The van der Waals surface area contributed by atoms with E-state index in [2.05, 4.69) is 15.0 Å². The lowest BCUT2D eigenvalue weighted by Crippen LogP contribution is -2.28. The van der Waals surface area contributed by atoms with Gasteiger partial charge in [-0.25, -0.2) is 26.2 Å². The topological polar surface area (TPSA) is 134 Å². The van der Waals surface area contributed by atoms with Crippen LogP contribution in [-0.4, -0.2) is 40.2 Å². The van der Waals surface area contributed by atoms with Crippen molar-refractivity contribution in [1.82, 2.24) is 10.3 Å². The molecule has 1 atom stereocenters. The number of carbonyl (C=O) groups is 1. The molecule has 3 rings (SSSR count). The number of halogens is 4. The maximum Gasteiger partial charge on any atom is 0.433 e. The summed E-state index contributed by atoms with van der Waals surface area (Å²) in [6.07, 6.45) is -2.97. The molecule has 1 heterocycles. The predicted octanol–water partition coefficient (Wildman–Crippen LogP) is 4.07. The van der Waals surface area contributed by atoms with E-state index in [1.807, 2.05) is 4.72 Å². The van der Waals surface area contributed by atoms with Crippen molar-refractivity contribution in [2.24, 2.45) is 0 Å². The molecule has 0 radical (unpaired) electrons. The quantitative estimate of drug-likeness (QED) is 0.323. The second kappa shape index (κ2) is 11.2. The van der Waals surface area contributed by atoms with Crippen molar-refractivity contribution in [2.45, 2.75) is 25.6 Å². The zero-order chi connectivity index (χ0) is 29.2. The standard InChI is InChI=1S/C24H24F4N4O5S2/c1-14(15-7-9-20(19(25)12-15)32-39(3,36)37)23(33)29-13-17-8-10-21(24(26,27)28)30-22(17)16-5-4-6-18(11-16)31-38(2,34)35/h4-12,14,31-32H,13H2,1-3H3,(H,29,33). The van der Waals surface area contributed by atoms with Crippen LogP contribution in [0.3, 0.4) is 0 Å². The van der Waals surface area contributed by atoms with E-state index in [0.717, 1.165) is 30.7 Å². The summed E-state index contributed by atoms with van der Waals surface area (Å²) in [4.78, 5) is 16.5. The van der Waals surface area contributed by atoms with Crippen molar-refractivity contribution in [2.75, 3.05) is 22.0 Å². The molecule has 3 aromatic rings. The Morgan fingerprint density at radius 3 is 2.21 bits per heavy atom. The summed E-state index contributed by atoms with van der Waals surface area (Å²) < 4.78 is 105. The fraction of sp³-hybridized carbons (Fsp3) is 0.250. The first-order valence-electron chi connectivity index (χ1n) is 11.1. The first-order chi connectivity index (χ1) is 17.9. The lowest BCUT2D eigenvalue weighted by Gasteiger charge is -2.17. The van der Waals surface area contributed by atoms with E-state index >= 15 is 0 Å². The van der Waals surface area contributed by atoms with Gasteiger partial charge in [0.2, 0.25) is 26.0 Å². The number of benzene rings is 2. The highest BCUT2D eigenvalue weighted by molar-refractivity contribution is 7.92. The summed E-state index contributed by atoms with van der Waals surface area (Å²) in [5.41, 5.74) is -0.884. The van der Waals surface area contributed by atoms with Crippen molar-refractivity contribution in [3.63, 3.8) is 0 Å². The van der Waals surface area contributed by atoms with Crippen LogP contribution in [0.1, 0.15) is 29.7 Å². The molecule has 9 nitrogen and oxygen atoms in total. The zero-order valence-electron chi connectivity index (χ0n) is 20.8. The molecule has 0 saturated heterocycles. The van der Waals surface area contributed by atoms with Crippen LogP contribution in [0.2, 0.25) is 0 Å². The Kier molecular flexibility index (Phi) is 8.55. The Balaban J connectivity index is 1.87. The molecule has 0 spiro atoms. The van der Waals surface area contributed by atoms with Crippen LogP contribution >= 0.6 is 0 Å². The van der Waals surface area contributed by atoms with Gasteiger partial charge in [-0.15, -0.1) is 0 Å². The number of pyridine rings is 1. The van der Waals surface area contributed by atoms with Crippen LogP contribution in [0.4, 0.5) is 28.9 Å². The lowest BCUT2D eigenvalue weighted by atomic mass is 9.99. The molecule has 0 aliphatic rings. The molecule has 0 saturated carbocycles. The van der Waals surface area contributed by atoms with Crippen molar-refractivity contribution in [3.05, 3.63) is 77.2 Å². The number of nitrogens with zero attached hydrogens (tertiary/aromatic N) is 1. The Bertz CT molecular complexity index is 1610. The van der Waals surface area contributed by atoms with Crippen LogP contribution in [0.5, 0.6) is 0 Å². The summed E-state index contributed by atoms with van der Waals surface area (Å²) in [6.45, 7) is 1.23. The molecule has 1 aromatic heterocycles. The summed E-state index contributed by atoms with van der Waals surface area (Å²) in [7, 11) is -7.38. The van der Waals surface area contributed by atoms with Gasteiger partial charge in [0, 0.05) is 17.8 Å². The zero-order valence-corrected chi connectivity index (χ0v) is 22.4. The first-order valence-corrected chi connectivity index (χ1v) is 14.9. The summed E-state index contributed by atoms with van der Waals surface area (Å²) in [5, 5.41) is 2.59. The molecule has 0 aliphatic carbocycles. The molecule has 210 valence electrons. The van der Waals surface area contributed by atoms with E-state index in [1.165, 1.54) is 43.3 Å². The van der Waals surface area contributed by atoms with Crippen LogP contribution in [0.25, 0.3) is 11.3 Å². The minimum absolute atomic E-state index is 0.105. The average molecular weight is 589 g/mol. The Labute approximate surface area is 222 Å². The largest absolute Gasteiger partial charge is 0.433 e. The Morgan fingerprint density at radius 1 is 0.949 bits per heavy atom. The third-order valence-electron chi connectivity index (χ3n) is 5.34. The molecule has 1 unspecified atom stereocenters. The number of alkyl halides is 3. The van der Waals surface area contributed by atoms with E-state index in [9.17, 15) is 39.2 Å². The van der Waals surface area contributed by atoms with Gasteiger partial charge in [-0.3, -0.25) is 14.2 Å². The second-order valence-corrected chi connectivity index (χ2v) is 12.2. The third-order valence-corrected chi connectivity index (χ3v) is 6.54. The van der Waals surface area contributed by atoms with E-state index in [0.29, 0.717) is 0 Å². The number of sulfonamides is 2. The minimum atomic E-state index is -4.75. The number of nitrogens with one attached hydrogen (secondary N) is 3. The summed E-state index contributed by atoms with van der Waals surface area (Å²) in [5.74, 6) is -2.38. The maximum absolute atomic E-state index is 14.4. The highest BCUT2D eigenvalue weighted by Crippen LogP contribution is 2.32. The van der Waals surface area contributed by atoms with Gasteiger partial charge in [-0.2, -0.15) is 13.2 Å². The fourth-order valence-corrected chi connectivity index (χ4v) is 4.67. The predicted molar refractivity (Wildman–Crippen MR) is 138 cm³/mol. The van der Waals surface area contributed by atoms with Gasteiger partial charge < -0.3 is 5.32 Å². The second-order valence-electron chi connectivity index (χ2n) is 8.71. The molecule has 3 N–H and O–H groups in total. The number of rotatable bonds is 9. The van der Waals surface area contributed by atoms with E-state index in [-0.39, 0.29) is 40.3 Å². The Hall–Kier alpha value is -3.72. The molecular weight excluding hydrogens is 564 g/mol. The number of anilines is 2. The minimum Gasteiger partial charge on any atom is -0.351 e. The molecule has 39 heavy (non-hydrogen) atoms. The highest BCUT2D eigenvalue weighted by Gasteiger charge is 2.33. The van der Waals surface area contributed by atoms with Crippen LogP contribution in [0, 0.1) is 5.82 Å². The molecular formula is C24H24F4N4O5S2. The third kappa shape index (κ3) is 8.38. The van der Waals surface area contributed by atoms with Gasteiger partial charge in [-0.05, 0) is 48.4 Å². The molecule has 15 heteroatoms. The van der Waals surface area contributed by atoms with Crippen molar-refractivity contribution in [3.8, 4) is 11.3 Å². The monoisotopic (exact) mass is 588 g/mol. The van der Waals surface area contributed by atoms with Gasteiger partial charge in [0.05, 0.1) is 29.8 Å². The van der Waals surface area contributed by atoms with Gasteiger partial charge >= 0.3 is 6.18 Å². The number of amides is 1. The lowest BCUT2D eigenvalue weighted by molar-refractivity contribution is -0.141. The van der Waals surface area contributed by atoms with E-state index in [4.69, 9.17) is 0 Å². The van der Waals surface area contributed by atoms with Gasteiger partial charge in [0.1, 0.15) is 11.5 Å². The molecule has 0 aliphatic heterocycles. The SMILES string of the molecule is CC(C(=O)NCc1ccc(C(F)(F)F)nc1-c1cccc(NS(C)(=O)=O)c1)c1ccc(NS(C)(=O)=O)c(F)c1. The number of hydrogen-bond acceptors (Lipinski definition) is 6. The maximum atomic E-state index is 14.4. The van der Waals surface area contributed by atoms with E-state index < -0.39 is 49.6 Å². The van der Waals surface area contributed by atoms with Crippen molar-refractivity contribution >= 4 is 37.3 Å². The van der Waals surface area contributed by atoms with Gasteiger partial charge in [-0.1, -0.05) is 24.3 Å². The van der Waals surface area contributed by atoms with Crippen molar-refractivity contribution < 1.29 is 39.2 Å². The number of hydrogen-bond donors (Lipinski definition) is 3. The average Bonchev–Trinajstić information content (AvgIpc) is 2.81. The normalized spacial score (nSPS) is 13.0. The molecule has 0 fully saturated rings. The number of carbonyl (C=O) groups excluding carboxylic acids is 1. The van der Waals surface area contributed by atoms with Crippen LogP contribution < -0.4 is 14.8 Å². The van der Waals surface area contributed by atoms with Gasteiger partial charge in [0.25, 0.3) is 0 Å². The first kappa shape index (κ1) is 29.8. The van der Waals surface area contributed by atoms with Gasteiger partial charge in [0.15, 0.2) is 0 Å². The smallest absolute Gasteiger partial charge is 0.351 e. The van der Waals surface area contributed by atoms with Crippen LogP contribution in [0.15, 0.2) is 54.6 Å². The summed E-state index contributed by atoms with van der Waals surface area (Å²) in [6, 6.07) is 11.1.